The Balaban J connectivity index is 1.67. The molecule has 2 aromatic heterocycles. The van der Waals surface area contributed by atoms with Crippen LogP contribution < -0.4 is 9.46 Å². The molecule has 0 bridgehead atoms. The van der Waals surface area contributed by atoms with Gasteiger partial charge < -0.3 is 4.74 Å². The van der Waals surface area contributed by atoms with Gasteiger partial charge in [0.2, 0.25) is 5.82 Å². The number of anilines is 1. The maximum absolute atomic E-state index is 13.0. The van der Waals surface area contributed by atoms with E-state index in [1.165, 1.54) is 0 Å². The van der Waals surface area contributed by atoms with Crippen LogP contribution in [0.1, 0.15) is 30.9 Å². The summed E-state index contributed by atoms with van der Waals surface area (Å²) in [7, 11) is -3.87. The van der Waals surface area contributed by atoms with Gasteiger partial charge in [0, 0.05) is 18.0 Å². The SMILES string of the molecule is CC(C)c1ccc(S(=O)(=O)Nc2nc3ccccc3nc2OCc2cccnc2)cc1. The molecule has 2 heterocycles. The summed E-state index contributed by atoms with van der Waals surface area (Å²) in [6, 6.07) is 17.7. The van der Waals surface area contributed by atoms with Crippen molar-refractivity contribution in [2.45, 2.75) is 31.3 Å². The molecule has 4 aromatic rings. The maximum Gasteiger partial charge on any atom is 0.263 e. The molecule has 0 saturated carbocycles. The number of hydrogen-bond acceptors (Lipinski definition) is 6. The van der Waals surface area contributed by atoms with Crippen molar-refractivity contribution in [2.75, 3.05) is 4.72 Å². The number of benzene rings is 2. The molecular formula is C23H22N4O3S. The molecule has 0 radical (unpaired) electrons. The zero-order valence-corrected chi connectivity index (χ0v) is 18.0. The predicted molar refractivity (Wildman–Crippen MR) is 119 cm³/mol. The Kier molecular flexibility index (Phi) is 5.81. The molecule has 0 unspecified atom stereocenters. The molecule has 0 fully saturated rings. The van der Waals surface area contributed by atoms with E-state index >= 15 is 0 Å². The molecule has 0 aliphatic carbocycles. The van der Waals surface area contributed by atoms with Gasteiger partial charge in [-0.3, -0.25) is 9.71 Å². The van der Waals surface area contributed by atoms with Crippen LogP contribution in [0.3, 0.4) is 0 Å². The number of aromatic nitrogens is 3. The third-order valence-electron chi connectivity index (χ3n) is 4.73. The summed E-state index contributed by atoms with van der Waals surface area (Å²) in [6.07, 6.45) is 3.35. The van der Waals surface area contributed by atoms with Crippen LogP contribution in [-0.2, 0) is 16.6 Å². The Morgan fingerprint density at radius 3 is 2.29 bits per heavy atom. The van der Waals surface area contributed by atoms with E-state index in [0.29, 0.717) is 17.0 Å². The van der Waals surface area contributed by atoms with Gasteiger partial charge >= 0.3 is 0 Å². The summed E-state index contributed by atoms with van der Waals surface area (Å²) >= 11 is 0. The molecule has 31 heavy (non-hydrogen) atoms. The van der Waals surface area contributed by atoms with Crippen LogP contribution in [0.15, 0.2) is 78.0 Å². The number of nitrogens with zero attached hydrogens (tertiary/aromatic N) is 3. The van der Waals surface area contributed by atoms with Crippen LogP contribution in [0.2, 0.25) is 0 Å². The lowest BCUT2D eigenvalue weighted by Gasteiger charge is -2.13. The number of rotatable bonds is 7. The smallest absolute Gasteiger partial charge is 0.263 e. The van der Waals surface area contributed by atoms with Crippen molar-refractivity contribution in [1.29, 1.82) is 0 Å². The molecule has 0 aliphatic heterocycles. The number of nitrogens with one attached hydrogen (secondary N) is 1. The van der Waals surface area contributed by atoms with Crippen molar-refractivity contribution in [2.24, 2.45) is 0 Å². The number of fused-ring (bicyclic) bond motifs is 1. The molecule has 0 spiro atoms. The first kappa shape index (κ1) is 20.7. The van der Waals surface area contributed by atoms with Crippen LogP contribution in [-0.4, -0.2) is 23.4 Å². The van der Waals surface area contributed by atoms with Crippen molar-refractivity contribution in [3.05, 3.63) is 84.2 Å². The van der Waals surface area contributed by atoms with Gasteiger partial charge in [-0.1, -0.05) is 44.2 Å². The minimum Gasteiger partial charge on any atom is -0.470 e. The van der Waals surface area contributed by atoms with Gasteiger partial charge in [0.25, 0.3) is 15.9 Å². The average molecular weight is 435 g/mol. The average Bonchev–Trinajstić information content (AvgIpc) is 2.78. The molecule has 8 heteroatoms. The second-order valence-corrected chi connectivity index (χ2v) is 9.03. The molecule has 0 saturated heterocycles. The summed E-state index contributed by atoms with van der Waals surface area (Å²) in [6.45, 7) is 4.29. The Hall–Kier alpha value is -3.52. The van der Waals surface area contributed by atoms with Gasteiger partial charge in [0.1, 0.15) is 6.61 Å². The van der Waals surface area contributed by atoms with Crippen molar-refractivity contribution in [1.82, 2.24) is 15.0 Å². The molecule has 2 aromatic carbocycles. The Bertz CT molecular complexity index is 1290. The molecule has 0 atom stereocenters. The quantitative estimate of drug-likeness (QED) is 0.459. The lowest BCUT2D eigenvalue weighted by atomic mass is 10.0. The third kappa shape index (κ3) is 4.80. The zero-order valence-electron chi connectivity index (χ0n) is 17.2. The maximum atomic E-state index is 13.0. The van der Waals surface area contributed by atoms with Gasteiger partial charge in [0.15, 0.2) is 0 Å². The van der Waals surface area contributed by atoms with Gasteiger partial charge in [-0.15, -0.1) is 0 Å². The number of ether oxygens (including phenoxy) is 1. The van der Waals surface area contributed by atoms with E-state index in [4.69, 9.17) is 4.74 Å². The Morgan fingerprint density at radius 2 is 1.65 bits per heavy atom. The van der Waals surface area contributed by atoms with Gasteiger partial charge in [-0.25, -0.2) is 18.4 Å². The summed E-state index contributed by atoms with van der Waals surface area (Å²) in [5.74, 6) is 0.448. The first-order valence-corrected chi connectivity index (χ1v) is 11.3. The van der Waals surface area contributed by atoms with E-state index < -0.39 is 10.0 Å². The fourth-order valence-corrected chi connectivity index (χ4v) is 4.00. The number of hydrogen-bond donors (Lipinski definition) is 1. The monoisotopic (exact) mass is 434 g/mol. The molecule has 0 aliphatic rings. The van der Waals surface area contributed by atoms with Crippen LogP contribution in [0.25, 0.3) is 11.0 Å². The molecule has 1 N–H and O–H groups in total. The van der Waals surface area contributed by atoms with Crippen LogP contribution >= 0.6 is 0 Å². The summed E-state index contributed by atoms with van der Waals surface area (Å²) in [4.78, 5) is 13.1. The molecular weight excluding hydrogens is 412 g/mol. The van der Waals surface area contributed by atoms with Crippen LogP contribution in [0.5, 0.6) is 5.88 Å². The summed E-state index contributed by atoms with van der Waals surface area (Å²) < 4.78 is 34.4. The standard InChI is InChI=1S/C23H22N4O3S/c1-16(2)18-9-11-19(12-10-18)31(28,29)27-22-23(30-15-17-6-5-13-24-14-17)26-21-8-4-3-7-20(21)25-22/h3-14,16H,15H2,1-2H3,(H,25,27). The fraction of sp³-hybridized carbons (Fsp3) is 0.174. The topological polar surface area (TPSA) is 94.1 Å². The Labute approximate surface area is 181 Å². The number of pyridine rings is 1. The van der Waals surface area contributed by atoms with Crippen molar-refractivity contribution < 1.29 is 13.2 Å². The van der Waals surface area contributed by atoms with E-state index in [-0.39, 0.29) is 23.2 Å². The minimum atomic E-state index is -3.87. The highest BCUT2D eigenvalue weighted by Crippen LogP contribution is 2.27. The van der Waals surface area contributed by atoms with Gasteiger partial charge in [-0.2, -0.15) is 0 Å². The highest BCUT2D eigenvalue weighted by molar-refractivity contribution is 7.92. The van der Waals surface area contributed by atoms with Crippen molar-refractivity contribution >= 4 is 26.9 Å². The first-order chi connectivity index (χ1) is 14.9. The second kappa shape index (κ2) is 8.69. The summed E-state index contributed by atoms with van der Waals surface area (Å²) in [5.41, 5.74) is 3.05. The van der Waals surface area contributed by atoms with Crippen LogP contribution in [0, 0.1) is 0 Å². The van der Waals surface area contributed by atoms with Crippen LogP contribution in [0.4, 0.5) is 5.82 Å². The number of para-hydroxylation sites is 2. The third-order valence-corrected chi connectivity index (χ3v) is 6.08. The predicted octanol–water partition coefficient (Wildman–Crippen LogP) is 4.53. The highest BCUT2D eigenvalue weighted by atomic mass is 32.2. The lowest BCUT2D eigenvalue weighted by Crippen LogP contribution is -2.16. The highest BCUT2D eigenvalue weighted by Gasteiger charge is 2.20. The molecule has 7 nitrogen and oxygen atoms in total. The van der Waals surface area contributed by atoms with Gasteiger partial charge in [0.05, 0.1) is 15.9 Å². The lowest BCUT2D eigenvalue weighted by molar-refractivity contribution is 0.295. The second-order valence-electron chi connectivity index (χ2n) is 7.35. The Morgan fingerprint density at radius 1 is 0.935 bits per heavy atom. The molecule has 4 rings (SSSR count). The first-order valence-electron chi connectivity index (χ1n) is 9.83. The molecule has 158 valence electrons. The van der Waals surface area contributed by atoms with Crippen molar-refractivity contribution in [3.63, 3.8) is 0 Å². The van der Waals surface area contributed by atoms with Crippen molar-refractivity contribution in [3.8, 4) is 5.88 Å². The summed E-state index contributed by atoms with van der Waals surface area (Å²) in [5, 5.41) is 0. The minimum absolute atomic E-state index is 0.0375. The largest absolute Gasteiger partial charge is 0.470 e. The molecule has 0 amide bonds. The fourth-order valence-electron chi connectivity index (χ4n) is 3.00. The van der Waals surface area contributed by atoms with E-state index in [9.17, 15) is 8.42 Å². The van der Waals surface area contributed by atoms with E-state index in [1.54, 1.807) is 42.7 Å². The normalized spacial score (nSPS) is 11.6. The van der Waals surface area contributed by atoms with Gasteiger partial charge in [-0.05, 0) is 41.8 Å². The number of sulfonamides is 1. The van der Waals surface area contributed by atoms with E-state index in [2.05, 4.69) is 33.5 Å². The van der Waals surface area contributed by atoms with E-state index in [1.807, 2.05) is 30.3 Å². The zero-order chi connectivity index (χ0) is 21.8. The van der Waals surface area contributed by atoms with E-state index in [0.717, 1.165) is 11.1 Å².